The number of nitriles is 1. The van der Waals surface area contributed by atoms with Gasteiger partial charge in [0.05, 0.1) is 20.3 Å². The number of rotatable bonds is 9. The molecule has 0 aliphatic heterocycles. The third-order valence-electron chi connectivity index (χ3n) is 4.49. The molecule has 0 saturated carbocycles. The van der Waals surface area contributed by atoms with E-state index in [1.54, 1.807) is 12.1 Å². The summed E-state index contributed by atoms with van der Waals surface area (Å²) >= 11 is 0. The maximum Gasteiger partial charge on any atom is 0.308 e. The van der Waals surface area contributed by atoms with Crippen molar-refractivity contribution in [2.75, 3.05) is 14.2 Å². The lowest BCUT2D eigenvalue weighted by Gasteiger charge is -2.18. The van der Waals surface area contributed by atoms with Gasteiger partial charge in [0.1, 0.15) is 11.6 Å². The first-order valence-electron chi connectivity index (χ1n) is 9.85. The summed E-state index contributed by atoms with van der Waals surface area (Å²) in [6, 6.07) is 14.5. The second kappa shape index (κ2) is 11.4. The minimum atomic E-state index is -0.528. The van der Waals surface area contributed by atoms with Crippen LogP contribution in [0.1, 0.15) is 43.9 Å². The van der Waals surface area contributed by atoms with Crippen molar-refractivity contribution in [3.8, 4) is 23.3 Å². The summed E-state index contributed by atoms with van der Waals surface area (Å²) in [6.45, 7) is 3.30. The summed E-state index contributed by atoms with van der Waals surface area (Å²) < 4.78 is 15.7. The molecule has 0 radical (unpaired) electrons. The van der Waals surface area contributed by atoms with Crippen LogP contribution in [0.5, 0.6) is 17.2 Å². The maximum absolute atomic E-state index is 12.8. The molecule has 0 fully saturated rings. The number of carbonyl (C=O) groups is 2. The van der Waals surface area contributed by atoms with Gasteiger partial charge in [0, 0.05) is 6.92 Å². The van der Waals surface area contributed by atoms with E-state index in [9.17, 15) is 14.9 Å². The molecule has 0 unspecified atom stereocenters. The summed E-state index contributed by atoms with van der Waals surface area (Å²) in [7, 11) is 2.84. The number of esters is 1. The van der Waals surface area contributed by atoms with Crippen LogP contribution in [0.25, 0.3) is 6.08 Å². The molecule has 0 aliphatic carbocycles. The van der Waals surface area contributed by atoms with E-state index in [0.29, 0.717) is 5.56 Å². The molecular weight excluding hydrogens is 396 g/mol. The van der Waals surface area contributed by atoms with Crippen molar-refractivity contribution < 1.29 is 23.8 Å². The van der Waals surface area contributed by atoms with Gasteiger partial charge in [0.25, 0.3) is 5.91 Å². The Morgan fingerprint density at radius 2 is 1.74 bits per heavy atom. The van der Waals surface area contributed by atoms with Gasteiger partial charge in [0.15, 0.2) is 11.5 Å². The smallest absolute Gasteiger partial charge is 0.308 e. The lowest BCUT2D eigenvalue weighted by atomic mass is 10.0. The first-order chi connectivity index (χ1) is 14.9. The van der Waals surface area contributed by atoms with E-state index < -0.39 is 11.9 Å². The van der Waals surface area contributed by atoms with Crippen LogP contribution in [0.15, 0.2) is 48.0 Å². The van der Waals surface area contributed by atoms with E-state index in [1.807, 2.05) is 43.3 Å². The van der Waals surface area contributed by atoms with E-state index in [4.69, 9.17) is 14.2 Å². The minimum Gasteiger partial charge on any atom is -0.493 e. The van der Waals surface area contributed by atoms with Crippen molar-refractivity contribution in [2.45, 2.75) is 32.7 Å². The second-order valence-corrected chi connectivity index (χ2v) is 6.74. The van der Waals surface area contributed by atoms with Gasteiger partial charge >= 0.3 is 5.97 Å². The Labute approximate surface area is 182 Å². The van der Waals surface area contributed by atoms with Crippen LogP contribution >= 0.6 is 0 Å². The van der Waals surface area contributed by atoms with Crippen molar-refractivity contribution in [3.05, 3.63) is 59.2 Å². The number of nitrogens with zero attached hydrogens (tertiary/aromatic N) is 1. The fraction of sp³-hybridized carbons (Fsp3) is 0.292. The van der Waals surface area contributed by atoms with Crippen LogP contribution in [0.4, 0.5) is 0 Å². The standard InChI is InChI=1S/C24H26N2O5/c1-5-9-20(18-10-7-6-8-11-18)26-24(28)19(15-25)12-17-13-21(29-3)23(31-16(2)27)22(14-17)30-4/h6-8,10-14,20H,5,9H2,1-4H3,(H,26,28)/t20-/m0/s1. The van der Waals surface area contributed by atoms with E-state index in [2.05, 4.69) is 5.32 Å². The second-order valence-electron chi connectivity index (χ2n) is 6.74. The maximum atomic E-state index is 12.8. The summed E-state index contributed by atoms with van der Waals surface area (Å²) in [6.07, 6.45) is 3.05. The molecule has 2 rings (SSSR count). The molecule has 0 saturated heterocycles. The monoisotopic (exact) mass is 422 g/mol. The molecule has 0 heterocycles. The highest BCUT2D eigenvalue weighted by Crippen LogP contribution is 2.39. The molecule has 162 valence electrons. The van der Waals surface area contributed by atoms with Crippen molar-refractivity contribution in [3.63, 3.8) is 0 Å². The molecule has 1 atom stereocenters. The summed E-state index contributed by atoms with van der Waals surface area (Å²) in [5.41, 5.74) is 1.40. The Balaban J connectivity index is 2.36. The first-order valence-corrected chi connectivity index (χ1v) is 9.85. The van der Waals surface area contributed by atoms with Crippen LogP contribution in [-0.4, -0.2) is 26.1 Å². The van der Waals surface area contributed by atoms with Crippen LogP contribution < -0.4 is 19.5 Å². The van der Waals surface area contributed by atoms with Gasteiger partial charge in [-0.15, -0.1) is 0 Å². The quantitative estimate of drug-likeness (QED) is 0.282. The van der Waals surface area contributed by atoms with Gasteiger partial charge in [-0.1, -0.05) is 43.7 Å². The zero-order chi connectivity index (χ0) is 22.8. The van der Waals surface area contributed by atoms with Gasteiger partial charge in [-0.2, -0.15) is 5.26 Å². The molecule has 2 aromatic rings. The number of carbonyl (C=O) groups excluding carboxylic acids is 2. The number of hydrogen-bond donors (Lipinski definition) is 1. The average molecular weight is 422 g/mol. The zero-order valence-corrected chi connectivity index (χ0v) is 18.1. The average Bonchev–Trinajstić information content (AvgIpc) is 2.77. The van der Waals surface area contributed by atoms with Crippen molar-refractivity contribution in [1.82, 2.24) is 5.32 Å². The molecule has 0 aliphatic rings. The lowest BCUT2D eigenvalue weighted by molar-refractivity contribution is -0.132. The molecule has 2 aromatic carbocycles. The number of hydrogen-bond acceptors (Lipinski definition) is 6. The number of ether oxygens (including phenoxy) is 3. The SMILES string of the molecule is CCC[C@H](NC(=O)C(C#N)=Cc1cc(OC)c(OC(C)=O)c(OC)c1)c1ccccc1. The first kappa shape index (κ1) is 23.5. The van der Waals surface area contributed by atoms with Crippen molar-refractivity contribution in [2.24, 2.45) is 0 Å². The molecule has 0 spiro atoms. The van der Waals surface area contributed by atoms with Crippen molar-refractivity contribution in [1.29, 1.82) is 5.26 Å². The Bertz CT molecular complexity index is 968. The largest absolute Gasteiger partial charge is 0.493 e. The lowest BCUT2D eigenvalue weighted by Crippen LogP contribution is -2.29. The molecule has 31 heavy (non-hydrogen) atoms. The summed E-state index contributed by atoms with van der Waals surface area (Å²) in [4.78, 5) is 24.2. The molecular formula is C24H26N2O5. The molecule has 1 amide bonds. The third-order valence-corrected chi connectivity index (χ3v) is 4.49. The van der Waals surface area contributed by atoms with Crippen LogP contribution in [0, 0.1) is 11.3 Å². The Morgan fingerprint density at radius 1 is 1.13 bits per heavy atom. The predicted molar refractivity (Wildman–Crippen MR) is 117 cm³/mol. The Hall–Kier alpha value is -3.79. The van der Waals surface area contributed by atoms with E-state index >= 15 is 0 Å². The number of methoxy groups -OCH3 is 2. The number of benzene rings is 2. The van der Waals surface area contributed by atoms with Crippen LogP contribution in [-0.2, 0) is 9.59 Å². The van der Waals surface area contributed by atoms with E-state index in [1.165, 1.54) is 27.2 Å². The highest BCUT2D eigenvalue weighted by Gasteiger charge is 2.19. The van der Waals surface area contributed by atoms with E-state index in [0.717, 1.165) is 18.4 Å². The third kappa shape index (κ3) is 6.34. The number of nitrogens with one attached hydrogen (secondary N) is 1. The van der Waals surface area contributed by atoms with Crippen LogP contribution in [0.3, 0.4) is 0 Å². The van der Waals surface area contributed by atoms with Gasteiger partial charge in [-0.05, 0) is 35.8 Å². The minimum absolute atomic E-state index is 0.0682. The predicted octanol–water partition coefficient (Wildman–Crippen LogP) is 4.19. The van der Waals surface area contributed by atoms with Gasteiger partial charge in [-0.25, -0.2) is 0 Å². The fourth-order valence-electron chi connectivity index (χ4n) is 3.08. The highest BCUT2D eigenvalue weighted by molar-refractivity contribution is 6.02. The zero-order valence-electron chi connectivity index (χ0n) is 18.1. The topological polar surface area (TPSA) is 97.7 Å². The molecule has 1 N–H and O–H groups in total. The molecule has 7 nitrogen and oxygen atoms in total. The molecule has 0 bridgehead atoms. The fourth-order valence-corrected chi connectivity index (χ4v) is 3.08. The Morgan fingerprint density at radius 3 is 2.23 bits per heavy atom. The molecule has 0 aromatic heterocycles. The van der Waals surface area contributed by atoms with Gasteiger partial charge in [0.2, 0.25) is 5.75 Å². The Kier molecular flexibility index (Phi) is 8.64. The normalized spacial score (nSPS) is 11.8. The van der Waals surface area contributed by atoms with Gasteiger partial charge in [-0.3, -0.25) is 9.59 Å². The molecule has 7 heteroatoms. The number of amides is 1. The summed E-state index contributed by atoms with van der Waals surface area (Å²) in [5, 5.41) is 12.5. The summed E-state index contributed by atoms with van der Waals surface area (Å²) in [5.74, 6) is -0.394. The van der Waals surface area contributed by atoms with Crippen molar-refractivity contribution >= 4 is 18.0 Å². The van der Waals surface area contributed by atoms with E-state index in [-0.39, 0.29) is 28.9 Å². The van der Waals surface area contributed by atoms with Crippen LogP contribution in [0.2, 0.25) is 0 Å². The van der Waals surface area contributed by atoms with Gasteiger partial charge < -0.3 is 19.5 Å². The highest BCUT2D eigenvalue weighted by atomic mass is 16.6.